The van der Waals surface area contributed by atoms with E-state index in [1.54, 1.807) is 12.1 Å². The first-order valence-electron chi connectivity index (χ1n) is 17.7. The van der Waals surface area contributed by atoms with Crippen LogP contribution in [-0.4, -0.2) is 4.21 Å². The normalized spacial score (nSPS) is 19.8. The van der Waals surface area contributed by atoms with Crippen LogP contribution in [-0.2, 0) is 36.8 Å². The van der Waals surface area contributed by atoms with Crippen molar-refractivity contribution in [3.8, 4) is 11.1 Å². The molecule has 2 atom stereocenters. The first-order valence-corrected chi connectivity index (χ1v) is 23.3. The Labute approximate surface area is 323 Å². The van der Waals surface area contributed by atoms with Crippen LogP contribution in [0.25, 0.3) is 27.8 Å². The molecule has 0 nitrogen and oxygen atoms in total. The minimum absolute atomic E-state index is 0. The van der Waals surface area contributed by atoms with Crippen molar-refractivity contribution in [3.63, 3.8) is 0 Å². The van der Waals surface area contributed by atoms with Crippen molar-refractivity contribution in [1.82, 2.24) is 0 Å². The number of allylic oxidation sites excluding steroid dienone is 8. The monoisotopic (exact) mass is 813 g/mol. The Bertz CT molecular complexity index is 2230. The second kappa shape index (κ2) is 12.8. The summed E-state index contributed by atoms with van der Waals surface area (Å²) in [5.74, 6) is 0.109. The molecule has 52 heavy (non-hydrogen) atoms. The Morgan fingerprint density at radius 1 is 0.673 bits per heavy atom. The van der Waals surface area contributed by atoms with Gasteiger partial charge in [-0.15, -0.1) is 0 Å². The summed E-state index contributed by atoms with van der Waals surface area (Å²) in [7, 11) is 0. The predicted molar refractivity (Wildman–Crippen MR) is 202 cm³/mol. The van der Waals surface area contributed by atoms with Crippen molar-refractivity contribution in [1.29, 1.82) is 0 Å². The van der Waals surface area contributed by atoms with Crippen LogP contribution in [0.4, 0.5) is 13.2 Å². The van der Waals surface area contributed by atoms with E-state index in [-0.39, 0.29) is 45.2 Å². The fourth-order valence-electron chi connectivity index (χ4n) is 10.0. The maximum absolute atomic E-state index is 14.0. The minimum Gasteiger partial charge on any atom is -1.00 e. The molecule has 267 valence electrons. The molecule has 4 aliphatic carbocycles. The molecule has 0 radical (unpaired) electrons. The van der Waals surface area contributed by atoms with Crippen LogP contribution < -0.4 is 28.1 Å². The predicted octanol–water partition coefficient (Wildman–Crippen LogP) is 6.09. The van der Waals surface area contributed by atoms with E-state index in [0.717, 1.165) is 3.27 Å². The fourth-order valence-corrected chi connectivity index (χ4v) is 22.2. The van der Waals surface area contributed by atoms with E-state index in [4.69, 9.17) is 4.21 Å². The number of rotatable bonds is 4. The summed E-state index contributed by atoms with van der Waals surface area (Å²) in [6.45, 7) is 18.1. The maximum atomic E-state index is 14.0. The van der Waals surface area contributed by atoms with Crippen LogP contribution in [0.1, 0.15) is 104 Å². The molecule has 0 aliphatic heterocycles. The number of halogens is 5. The molecule has 6 heteroatoms. The van der Waals surface area contributed by atoms with E-state index in [9.17, 15) is 13.2 Å². The third kappa shape index (κ3) is 5.61. The van der Waals surface area contributed by atoms with E-state index in [1.165, 1.54) is 87.8 Å². The molecule has 0 aromatic heterocycles. The Morgan fingerprint density at radius 2 is 1.15 bits per heavy atom. The summed E-state index contributed by atoms with van der Waals surface area (Å²) in [5, 5.41) is 0. The van der Waals surface area contributed by atoms with Crippen LogP contribution in [0.15, 0.2) is 106 Å². The van der Waals surface area contributed by atoms with Gasteiger partial charge in [0, 0.05) is 0 Å². The van der Waals surface area contributed by atoms with E-state index >= 15 is 0 Å². The van der Waals surface area contributed by atoms with Gasteiger partial charge in [0.15, 0.2) is 0 Å². The Morgan fingerprint density at radius 3 is 1.62 bits per heavy atom. The minimum atomic E-state index is -4.41. The fraction of sp³-hybridized carbons (Fsp3) is 0.283. The van der Waals surface area contributed by atoms with Crippen LogP contribution in [0.5, 0.6) is 0 Å². The van der Waals surface area contributed by atoms with Crippen LogP contribution in [0.2, 0.25) is 0 Å². The van der Waals surface area contributed by atoms with Crippen LogP contribution in [0, 0.1) is 5.92 Å². The van der Waals surface area contributed by atoms with Crippen molar-refractivity contribution < 1.29 is 57.8 Å². The van der Waals surface area contributed by atoms with Gasteiger partial charge in [0.2, 0.25) is 0 Å². The van der Waals surface area contributed by atoms with Crippen molar-refractivity contribution in [2.45, 2.75) is 76.0 Å². The summed E-state index contributed by atoms with van der Waals surface area (Å²) in [6.07, 6.45) is 2.71. The molecule has 0 N–H and O–H groups in total. The van der Waals surface area contributed by atoms with Gasteiger partial charge in [-0.1, -0.05) is 0 Å². The number of hydrogen-bond donors (Lipinski definition) is 0. The van der Waals surface area contributed by atoms with Gasteiger partial charge in [-0.2, -0.15) is 0 Å². The zero-order chi connectivity index (χ0) is 35.7. The van der Waals surface area contributed by atoms with Gasteiger partial charge in [0.05, 0.1) is 0 Å². The molecule has 0 saturated heterocycles. The van der Waals surface area contributed by atoms with Gasteiger partial charge in [-0.05, 0) is 0 Å². The van der Waals surface area contributed by atoms with Crippen molar-refractivity contribution in [2.75, 3.05) is 0 Å². The number of benzene rings is 4. The van der Waals surface area contributed by atoms with E-state index < -0.39 is 31.5 Å². The molecule has 8 rings (SSSR count). The maximum Gasteiger partial charge on any atom is -1.00 e. The van der Waals surface area contributed by atoms with Gasteiger partial charge >= 0.3 is 301 Å². The molecule has 0 fully saturated rings. The zero-order valence-electron chi connectivity index (χ0n) is 31.0. The molecular weight excluding hydrogens is 772 g/mol. The van der Waals surface area contributed by atoms with Crippen molar-refractivity contribution >= 4 is 24.2 Å². The van der Waals surface area contributed by atoms with Gasteiger partial charge in [-0.25, -0.2) is 0 Å². The second-order valence-corrected chi connectivity index (χ2v) is 25.3. The summed E-state index contributed by atoms with van der Waals surface area (Å²) >= 11 is -4.31. The number of alkyl halides is 3. The Hall–Kier alpha value is -3.04. The molecule has 0 amide bonds. The number of hydrogen-bond acceptors (Lipinski definition) is 0. The quantitative estimate of drug-likeness (QED) is 0.234. The van der Waals surface area contributed by atoms with Gasteiger partial charge < -0.3 is 24.8 Å². The summed E-state index contributed by atoms with van der Waals surface area (Å²) in [5.41, 5.74) is 15.7. The van der Waals surface area contributed by atoms with E-state index in [0.29, 0.717) is 0 Å². The van der Waals surface area contributed by atoms with Gasteiger partial charge in [-0.3, -0.25) is 0 Å². The standard InChI is InChI=1S/C25H25.C13H13.C7H4F3.CH2.2ClH.Zr/c1-14-12-24(3,4)22-8-16-7-17-9-23-19(15(2)13-25(23,5)6)11-21(17)20(16)10-18(14)22;1-10-8-11(2)13(9-10)12-6-4-3-5-7-12;8-7(9,10)6-4-2-1-3-5-6;;;;/h7-13H,1-6H3;3-7,9-10H,1-2H3;2-5H;1H2;2*1H;/q;;;;;;+2/p-2. The summed E-state index contributed by atoms with van der Waals surface area (Å²) in [4.78, 5) is 0. The molecule has 4 aromatic carbocycles. The average molecular weight is 816 g/mol. The van der Waals surface area contributed by atoms with Crippen molar-refractivity contribution in [2.24, 2.45) is 5.92 Å². The second-order valence-electron chi connectivity index (χ2n) is 16.3. The van der Waals surface area contributed by atoms with E-state index in [2.05, 4.69) is 122 Å². The average Bonchev–Trinajstić information content (AvgIpc) is 3.69. The van der Waals surface area contributed by atoms with Crippen LogP contribution in [0.3, 0.4) is 0 Å². The van der Waals surface area contributed by atoms with Gasteiger partial charge in [0.25, 0.3) is 0 Å². The first kappa shape index (κ1) is 38.7. The smallest absolute Gasteiger partial charge is 1.00 e. The van der Waals surface area contributed by atoms with Gasteiger partial charge in [0.1, 0.15) is 0 Å². The third-order valence-electron chi connectivity index (χ3n) is 12.1. The Kier molecular flexibility index (Phi) is 9.51. The summed E-state index contributed by atoms with van der Waals surface area (Å²) < 4.78 is 49.8. The molecular formula is C46H44Cl2F3Zr. The van der Waals surface area contributed by atoms with Crippen molar-refractivity contribution in [3.05, 3.63) is 150 Å². The number of fused-ring (bicyclic) bond motifs is 5. The largest absolute Gasteiger partial charge is 1.00 e. The zero-order valence-corrected chi connectivity index (χ0v) is 35.0. The molecule has 0 bridgehead atoms. The first-order chi connectivity index (χ1) is 23.4. The van der Waals surface area contributed by atoms with Crippen LogP contribution >= 0.6 is 0 Å². The molecule has 0 spiro atoms. The molecule has 4 aromatic rings. The third-order valence-corrected chi connectivity index (χ3v) is 23.9. The molecule has 0 heterocycles. The van der Waals surface area contributed by atoms with E-state index in [1.807, 2.05) is 6.07 Å². The summed E-state index contributed by atoms with van der Waals surface area (Å²) in [6, 6.07) is 26.4. The molecule has 0 saturated carbocycles. The molecule has 4 aliphatic rings. The molecule has 2 unspecified atom stereocenters. The topological polar surface area (TPSA) is 0 Å². The SMILES string of the molecule is [CH2]=[Zr+2]([C]1=C(C)C(c2ccccc2)=CC1C)([c]1ccc(C(F)(F)F)cc1)[CH]1c2cc3c(cc2-c2cc4c(cc21)C(C)(C)C=C4C)C(C)=CC3(C)C.[Cl-].[Cl-]. The Balaban J connectivity index is 0.00000232.